The molecule has 1 saturated carbocycles. The van der Waals surface area contributed by atoms with Gasteiger partial charge in [0.25, 0.3) is 0 Å². The van der Waals surface area contributed by atoms with Crippen LogP contribution in [0.5, 0.6) is 0 Å². The van der Waals surface area contributed by atoms with Gasteiger partial charge in [-0.3, -0.25) is 4.79 Å². The molecule has 0 radical (unpaired) electrons. The van der Waals surface area contributed by atoms with E-state index in [2.05, 4.69) is 20.4 Å². The van der Waals surface area contributed by atoms with Gasteiger partial charge in [0.1, 0.15) is 0 Å². The van der Waals surface area contributed by atoms with E-state index in [1.54, 1.807) is 0 Å². The summed E-state index contributed by atoms with van der Waals surface area (Å²) >= 11 is 0. The van der Waals surface area contributed by atoms with Gasteiger partial charge >= 0.3 is 5.97 Å². The first-order valence-electron chi connectivity index (χ1n) is 3.95. The molecule has 1 N–H and O–H groups in total. The number of hydrogen-bond acceptors (Lipinski definition) is 1. The van der Waals surface area contributed by atoms with E-state index in [9.17, 15) is 4.79 Å². The van der Waals surface area contributed by atoms with Gasteiger partial charge in [-0.2, -0.15) is 0 Å². The molecule has 2 atom stereocenters. The lowest BCUT2D eigenvalue weighted by molar-refractivity contribution is -0.138. The van der Waals surface area contributed by atoms with Crippen molar-refractivity contribution in [3.63, 3.8) is 0 Å². The highest BCUT2D eigenvalue weighted by molar-refractivity contribution is 5.74. The van der Waals surface area contributed by atoms with Crippen molar-refractivity contribution in [2.24, 2.45) is 17.8 Å². The smallest absolute Gasteiger partial charge is 0.307 e. The van der Waals surface area contributed by atoms with Gasteiger partial charge in [0.2, 0.25) is 0 Å². The summed E-state index contributed by atoms with van der Waals surface area (Å²) in [7, 11) is 0. The molecule has 0 saturated heterocycles. The summed E-state index contributed by atoms with van der Waals surface area (Å²) in [5, 5.41) is 8.61. The molecule has 0 aliphatic heterocycles. The molecule has 2 unspecified atom stereocenters. The molecule has 0 aromatic carbocycles. The van der Waals surface area contributed by atoms with Crippen molar-refractivity contribution in [1.82, 2.24) is 0 Å². The number of allylic oxidation sites excluding steroid dienone is 1. The number of hydrogen-bond donors (Lipinski definition) is 1. The van der Waals surface area contributed by atoms with Gasteiger partial charge in [-0.15, -0.1) is 0 Å². The minimum Gasteiger partial charge on any atom is -0.481 e. The average Bonchev–Trinajstić information content (AvgIpc) is 2.63. The summed E-state index contributed by atoms with van der Waals surface area (Å²) in [6, 6.07) is 0. The average molecular weight is 154 g/mol. The molecular formula is C9H14O2. The Kier molecular flexibility index (Phi) is 2.03. The van der Waals surface area contributed by atoms with Gasteiger partial charge in [0, 0.05) is 0 Å². The van der Waals surface area contributed by atoms with Crippen molar-refractivity contribution >= 4 is 5.97 Å². The van der Waals surface area contributed by atoms with E-state index >= 15 is 0 Å². The molecule has 1 aliphatic carbocycles. The lowest BCUT2D eigenvalue weighted by Crippen LogP contribution is -2.03. The van der Waals surface area contributed by atoms with E-state index in [0.717, 1.165) is 12.0 Å². The summed E-state index contributed by atoms with van der Waals surface area (Å²) in [5.41, 5.74) is 1.09. The van der Waals surface area contributed by atoms with Crippen LogP contribution in [0.2, 0.25) is 0 Å². The Balaban J connectivity index is 2.44. The fourth-order valence-corrected chi connectivity index (χ4v) is 1.31. The van der Waals surface area contributed by atoms with Crippen molar-refractivity contribution < 1.29 is 9.90 Å². The highest BCUT2D eigenvalue weighted by Crippen LogP contribution is 2.45. The Morgan fingerprint density at radius 3 is 2.36 bits per heavy atom. The summed E-state index contributed by atoms with van der Waals surface area (Å²) in [6.07, 6.45) is 0.798. The first-order chi connectivity index (χ1) is 5.04. The fourth-order valence-electron chi connectivity index (χ4n) is 1.31. The zero-order valence-corrected chi connectivity index (χ0v) is 7.00. The van der Waals surface area contributed by atoms with Gasteiger partial charge in [0.15, 0.2) is 0 Å². The van der Waals surface area contributed by atoms with Crippen LogP contribution in [0.1, 0.15) is 20.3 Å². The first-order valence-corrected chi connectivity index (χ1v) is 3.95. The molecule has 1 rings (SSSR count). The Labute approximate surface area is 66.9 Å². The highest BCUT2D eigenvalue weighted by atomic mass is 16.4. The molecule has 1 fully saturated rings. The van der Waals surface area contributed by atoms with Gasteiger partial charge in [-0.05, 0) is 18.3 Å². The second kappa shape index (κ2) is 2.68. The molecule has 0 bridgehead atoms. The molecule has 11 heavy (non-hydrogen) atoms. The van der Waals surface area contributed by atoms with Crippen molar-refractivity contribution in [3.05, 3.63) is 12.2 Å². The fraction of sp³-hybridized carbons (Fsp3) is 0.667. The molecular weight excluding hydrogens is 140 g/mol. The van der Waals surface area contributed by atoms with Crippen LogP contribution in [-0.2, 0) is 4.79 Å². The third kappa shape index (κ3) is 1.62. The van der Waals surface area contributed by atoms with Crippen LogP contribution in [-0.4, -0.2) is 11.1 Å². The van der Waals surface area contributed by atoms with Crippen LogP contribution in [0.3, 0.4) is 0 Å². The molecule has 0 heterocycles. The maximum absolute atomic E-state index is 10.5. The molecule has 0 aromatic rings. The highest BCUT2D eigenvalue weighted by Gasteiger charge is 2.45. The maximum Gasteiger partial charge on any atom is 0.307 e. The summed E-state index contributed by atoms with van der Waals surface area (Å²) < 4.78 is 0. The van der Waals surface area contributed by atoms with Crippen LogP contribution in [0.4, 0.5) is 0 Å². The topological polar surface area (TPSA) is 37.3 Å². The quantitative estimate of drug-likeness (QED) is 0.630. The Hall–Kier alpha value is -0.790. The minimum atomic E-state index is -0.670. The van der Waals surface area contributed by atoms with Gasteiger partial charge < -0.3 is 5.11 Å². The van der Waals surface area contributed by atoms with Gasteiger partial charge in [-0.1, -0.05) is 26.0 Å². The number of carboxylic acids is 1. The minimum absolute atomic E-state index is 0.134. The van der Waals surface area contributed by atoms with Gasteiger partial charge in [-0.25, -0.2) is 0 Å². The number of aliphatic carboxylic acids is 1. The Morgan fingerprint density at radius 1 is 1.55 bits per heavy atom. The predicted molar refractivity (Wildman–Crippen MR) is 43.2 cm³/mol. The monoisotopic (exact) mass is 154 g/mol. The maximum atomic E-state index is 10.5. The van der Waals surface area contributed by atoms with E-state index in [1.165, 1.54) is 0 Å². The van der Waals surface area contributed by atoms with Crippen LogP contribution in [0.15, 0.2) is 12.2 Å². The Bertz CT molecular complexity index is 194. The lowest BCUT2D eigenvalue weighted by atomic mass is 9.99. The van der Waals surface area contributed by atoms with Crippen molar-refractivity contribution in [2.75, 3.05) is 0 Å². The molecule has 62 valence electrons. The molecule has 0 amide bonds. The van der Waals surface area contributed by atoms with Crippen molar-refractivity contribution in [3.8, 4) is 0 Å². The lowest BCUT2D eigenvalue weighted by Gasteiger charge is -2.06. The third-order valence-corrected chi connectivity index (χ3v) is 2.33. The zero-order chi connectivity index (χ0) is 8.59. The van der Waals surface area contributed by atoms with E-state index in [1.807, 2.05) is 0 Å². The standard InChI is InChI=1S/C9H14O2/c1-5(2)6(3)7-4-8(7)9(10)11/h5,7-8H,3-4H2,1-2H3,(H,10,11). The largest absolute Gasteiger partial charge is 0.481 e. The zero-order valence-electron chi connectivity index (χ0n) is 7.00. The second-order valence-electron chi connectivity index (χ2n) is 3.52. The Morgan fingerprint density at radius 2 is 2.09 bits per heavy atom. The van der Waals surface area contributed by atoms with Crippen LogP contribution in [0.25, 0.3) is 0 Å². The van der Waals surface area contributed by atoms with E-state index in [-0.39, 0.29) is 11.8 Å². The molecule has 1 aliphatic rings. The van der Waals surface area contributed by atoms with E-state index in [0.29, 0.717) is 5.92 Å². The summed E-state index contributed by atoms with van der Waals surface area (Å²) in [6.45, 7) is 8.00. The normalized spacial score (nSPS) is 28.6. The molecule has 0 aromatic heterocycles. The van der Waals surface area contributed by atoms with E-state index < -0.39 is 5.97 Å². The van der Waals surface area contributed by atoms with Crippen LogP contribution in [0, 0.1) is 17.8 Å². The van der Waals surface area contributed by atoms with Crippen LogP contribution < -0.4 is 0 Å². The van der Waals surface area contributed by atoms with Crippen LogP contribution >= 0.6 is 0 Å². The third-order valence-electron chi connectivity index (χ3n) is 2.33. The molecule has 0 spiro atoms. The molecule has 2 nitrogen and oxygen atoms in total. The number of rotatable bonds is 3. The van der Waals surface area contributed by atoms with Crippen molar-refractivity contribution in [1.29, 1.82) is 0 Å². The number of carboxylic acid groups (broad SMARTS) is 1. The van der Waals surface area contributed by atoms with E-state index in [4.69, 9.17) is 5.11 Å². The predicted octanol–water partition coefficient (Wildman–Crippen LogP) is 1.92. The van der Waals surface area contributed by atoms with Crippen molar-refractivity contribution in [2.45, 2.75) is 20.3 Å². The first kappa shape index (κ1) is 8.31. The summed E-state index contributed by atoms with van der Waals surface area (Å²) in [4.78, 5) is 10.5. The van der Waals surface area contributed by atoms with Gasteiger partial charge in [0.05, 0.1) is 5.92 Å². The SMILES string of the molecule is C=C(C(C)C)C1CC1C(=O)O. The number of carbonyl (C=O) groups is 1. The second-order valence-corrected chi connectivity index (χ2v) is 3.52. The summed E-state index contributed by atoms with van der Waals surface area (Å²) in [5.74, 6) is -0.126. The molecule has 2 heteroatoms.